The van der Waals surface area contributed by atoms with Gasteiger partial charge in [-0.05, 0) is 25.8 Å². The lowest BCUT2D eigenvalue weighted by Gasteiger charge is -2.28. The molecule has 2 aliphatic heterocycles. The minimum atomic E-state index is 0.447. The summed E-state index contributed by atoms with van der Waals surface area (Å²) < 4.78 is 0. The largest absolute Gasteiger partial charge is 0.314 e. The quantitative estimate of drug-likeness (QED) is 0.662. The molecule has 2 heterocycles. The minimum absolute atomic E-state index is 0.447. The fourth-order valence-corrected chi connectivity index (χ4v) is 1.90. The Morgan fingerprint density at radius 3 is 2.67 bits per heavy atom. The molecule has 2 fully saturated rings. The van der Waals surface area contributed by atoms with Crippen molar-refractivity contribution in [2.75, 3.05) is 26.2 Å². The first-order chi connectivity index (χ1) is 5.95. The summed E-state index contributed by atoms with van der Waals surface area (Å²) in [5, 5.41) is 5.46. The Morgan fingerprint density at radius 2 is 2.00 bits per heavy atom. The molecule has 2 rings (SSSR count). The van der Waals surface area contributed by atoms with Crippen molar-refractivity contribution in [3.63, 3.8) is 0 Å². The summed E-state index contributed by atoms with van der Waals surface area (Å²) in [5.41, 5.74) is 0. The second kappa shape index (κ2) is 4.21. The molecule has 0 aliphatic carbocycles. The molecule has 12 heavy (non-hydrogen) atoms. The van der Waals surface area contributed by atoms with Crippen LogP contribution in [-0.2, 0) is 4.84 Å². The molecule has 70 valence electrons. The molecule has 1 atom stereocenters. The van der Waals surface area contributed by atoms with Crippen LogP contribution < -0.4 is 5.32 Å². The highest BCUT2D eigenvalue weighted by Crippen LogP contribution is 2.12. The zero-order valence-electron chi connectivity index (χ0n) is 7.59. The van der Waals surface area contributed by atoms with Gasteiger partial charge in [0.05, 0.1) is 6.10 Å². The Morgan fingerprint density at radius 1 is 1.17 bits per heavy atom. The molecule has 1 unspecified atom stereocenters. The molecule has 0 aromatic carbocycles. The SMILES string of the molecule is C1CCN(OC2CCNC2)CC1. The van der Waals surface area contributed by atoms with Gasteiger partial charge in [0, 0.05) is 19.6 Å². The van der Waals surface area contributed by atoms with E-state index in [2.05, 4.69) is 10.4 Å². The van der Waals surface area contributed by atoms with Crippen LogP contribution >= 0.6 is 0 Å². The number of hydroxylamine groups is 2. The molecule has 0 bridgehead atoms. The zero-order chi connectivity index (χ0) is 8.23. The maximum Gasteiger partial charge on any atom is 0.0929 e. The summed E-state index contributed by atoms with van der Waals surface area (Å²) >= 11 is 0. The monoisotopic (exact) mass is 170 g/mol. The number of rotatable bonds is 2. The van der Waals surface area contributed by atoms with Gasteiger partial charge < -0.3 is 5.32 Å². The van der Waals surface area contributed by atoms with E-state index in [1.54, 1.807) is 0 Å². The average molecular weight is 170 g/mol. The van der Waals surface area contributed by atoms with E-state index in [1.165, 1.54) is 25.7 Å². The molecule has 0 aromatic rings. The molecule has 0 amide bonds. The summed E-state index contributed by atoms with van der Waals surface area (Å²) in [4.78, 5) is 5.82. The molecular weight excluding hydrogens is 152 g/mol. The first-order valence-corrected chi connectivity index (χ1v) is 5.07. The van der Waals surface area contributed by atoms with Gasteiger partial charge in [0.2, 0.25) is 0 Å². The van der Waals surface area contributed by atoms with Crippen LogP contribution in [0.2, 0.25) is 0 Å². The van der Waals surface area contributed by atoms with Crippen molar-refractivity contribution in [1.29, 1.82) is 0 Å². The predicted octanol–water partition coefficient (Wildman–Crippen LogP) is 0.766. The fraction of sp³-hybridized carbons (Fsp3) is 1.00. The molecule has 0 saturated carbocycles. The maximum absolute atomic E-state index is 5.82. The van der Waals surface area contributed by atoms with E-state index in [4.69, 9.17) is 4.84 Å². The Kier molecular flexibility index (Phi) is 2.98. The number of hydrogen-bond donors (Lipinski definition) is 1. The van der Waals surface area contributed by atoms with E-state index in [0.29, 0.717) is 6.10 Å². The molecular formula is C9H18N2O. The van der Waals surface area contributed by atoms with Crippen molar-refractivity contribution in [3.8, 4) is 0 Å². The van der Waals surface area contributed by atoms with Gasteiger partial charge >= 0.3 is 0 Å². The molecule has 0 aromatic heterocycles. The number of piperidine rings is 1. The predicted molar refractivity (Wildman–Crippen MR) is 47.8 cm³/mol. The van der Waals surface area contributed by atoms with Crippen molar-refractivity contribution in [3.05, 3.63) is 0 Å². The third-order valence-electron chi connectivity index (χ3n) is 2.63. The highest BCUT2D eigenvalue weighted by atomic mass is 16.7. The second-order valence-electron chi connectivity index (χ2n) is 3.71. The van der Waals surface area contributed by atoms with Crippen LogP contribution in [0.1, 0.15) is 25.7 Å². The van der Waals surface area contributed by atoms with E-state index in [0.717, 1.165) is 26.2 Å². The summed E-state index contributed by atoms with van der Waals surface area (Å²) in [5.74, 6) is 0. The fourth-order valence-electron chi connectivity index (χ4n) is 1.90. The third-order valence-corrected chi connectivity index (χ3v) is 2.63. The van der Waals surface area contributed by atoms with Gasteiger partial charge in [-0.15, -0.1) is 0 Å². The Balaban J connectivity index is 1.69. The van der Waals surface area contributed by atoms with Gasteiger partial charge in [-0.3, -0.25) is 4.84 Å². The van der Waals surface area contributed by atoms with Crippen LogP contribution in [-0.4, -0.2) is 37.3 Å². The van der Waals surface area contributed by atoms with Crippen molar-refractivity contribution in [1.82, 2.24) is 10.4 Å². The van der Waals surface area contributed by atoms with Crippen LogP contribution in [0.25, 0.3) is 0 Å². The number of nitrogens with one attached hydrogen (secondary N) is 1. The normalized spacial score (nSPS) is 32.5. The Bertz CT molecular complexity index is 128. The third kappa shape index (κ3) is 2.19. The Hall–Kier alpha value is -0.120. The molecule has 3 heteroatoms. The maximum atomic E-state index is 5.82. The summed E-state index contributed by atoms with van der Waals surface area (Å²) in [6.07, 6.45) is 5.61. The zero-order valence-corrected chi connectivity index (χ0v) is 7.59. The molecule has 0 spiro atoms. The second-order valence-corrected chi connectivity index (χ2v) is 3.71. The average Bonchev–Trinajstić information content (AvgIpc) is 2.59. The standard InChI is InChI=1S/C9H18N2O/c1-2-6-11(7-3-1)12-9-4-5-10-8-9/h9-10H,1-8H2. The minimum Gasteiger partial charge on any atom is -0.314 e. The first-order valence-electron chi connectivity index (χ1n) is 5.07. The van der Waals surface area contributed by atoms with Crippen LogP contribution in [0, 0.1) is 0 Å². The molecule has 2 saturated heterocycles. The lowest BCUT2D eigenvalue weighted by atomic mass is 10.2. The highest BCUT2D eigenvalue weighted by molar-refractivity contribution is 4.71. The van der Waals surface area contributed by atoms with E-state index in [-0.39, 0.29) is 0 Å². The van der Waals surface area contributed by atoms with Gasteiger partial charge in [-0.2, -0.15) is 5.06 Å². The van der Waals surface area contributed by atoms with Gasteiger partial charge in [-0.25, -0.2) is 0 Å². The summed E-state index contributed by atoms with van der Waals surface area (Å²) in [6.45, 7) is 4.43. The molecule has 2 aliphatic rings. The highest BCUT2D eigenvalue weighted by Gasteiger charge is 2.19. The van der Waals surface area contributed by atoms with Gasteiger partial charge in [0.15, 0.2) is 0 Å². The van der Waals surface area contributed by atoms with Crippen molar-refractivity contribution in [2.45, 2.75) is 31.8 Å². The topological polar surface area (TPSA) is 24.5 Å². The summed E-state index contributed by atoms with van der Waals surface area (Å²) in [6, 6.07) is 0. The smallest absolute Gasteiger partial charge is 0.0929 e. The van der Waals surface area contributed by atoms with Gasteiger partial charge in [0.25, 0.3) is 0 Å². The van der Waals surface area contributed by atoms with Gasteiger partial charge in [-0.1, -0.05) is 6.42 Å². The summed E-state index contributed by atoms with van der Waals surface area (Å²) in [7, 11) is 0. The van der Waals surface area contributed by atoms with E-state index < -0.39 is 0 Å². The van der Waals surface area contributed by atoms with Crippen LogP contribution in [0.5, 0.6) is 0 Å². The van der Waals surface area contributed by atoms with E-state index in [1.807, 2.05) is 0 Å². The lowest BCUT2D eigenvalue weighted by molar-refractivity contribution is -0.199. The van der Waals surface area contributed by atoms with Crippen molar-refractivity contribution >= 4 is 0 Å². The van der Waals surface area contributed by atoms with Crippen LogP contribution in [0.4, 0.5) is 0 Å². The number of hydrogen-bond acceptors (Lipinski definition) is 3. The molecule has 3 nitrogen and oxygen atoms in total. The Labute approximate surface area is 74.0 Å². The molecule has 1 N–H and O–H groups in total. The number of nitrogens with zero attached hydrogens (tertiary/aromatic N) is 1. The first kappa shape index (κ1) is 8.48. The lowest BCUT2D eigenvalue weighted by Crippen LogP contribution is -2.34. The van der Waals surface area contributed by atoms with E-state index >= 15 is 0 Å². The van der Waals surface area contributed by atoms with Gasteiger partial charge in [0.1, 0.15) is 0 Å². The molecule has 0 radical (unpaired) electrons. The van der Waals surface area contributed by atoms with Crippen molar-refractivity contribution in [2.24, 2.45) is 0 Å². The van der Waals surface area contributed by atoms with Crippen LogP contribution in [0.15, 0.2) is 0 Å². The van der Waals surface area contributed by atoms with Crippen molar-refractivity contribution < 1.29 is 4.84 Å². The van der Waals surface area contributed by atoms with Crippen LogP contribution in [0.3, 0.4) is 0 Å². The van der Waals surface area contributed by atoms with E-state index in [9.17, 15) is 0 Å².